The topological polar surface area (TPSA) is 38.3 Å². The van der Waals surface area contributed by atoms with Crippen molar-refractivity contribution in [1.82, 2.24) is 5.32 Å². The average Bonchev–Trinajstić information content (AvgIpc) is 1.88. The molecular weight excluding hydrogens is 118 g/mol. The van der Waals surface area contributed by atoms with Gasteiger partial charge < -0.3 is 10.1 Å². The molecule has 1 heterocycles. The predicted octanol–water partition coefficient (Wildman–Crippen LogP) is -0.0886. The molecule has 1 saturated heterocycles. The van der Waals surface area contributed by atoms with E-state index >= 15 is 0 Å². The largest absolute Gasteiger partial charge is 0.381 e. The summed E-state index contributed by atoms with van der Waals surface area (Å²) in [7, 11) is 1.64. The molecule has 0 aromatic heterocycles. The first kappa shape index (κ1) is 6.55. The molecule has 1 amide bonds. The SMILES string of the molecule is CO[C@H]1CCNC(=O)C1. The van der Waals surface area contributed by atoms with Gasteiger partial charge in [0.15, 0.2) is 0 Å². The van der Waals surface area contributed by atoms with E-state index in [0.29, 0.717) is 6.42 Å². The van der Waals surface area contributed by atoms with Crippen LogP contribution in [-0.4, -0.2) is 25.7 Å². The smallest absolute Gasteiger partial charge is 0.222 e. The molecule has 1 aliphatic heterocycles. The molecule has 9 heavy (non-hydrogen) atoms. The maximum absolute atomic E-state index is 10.6. The number of amides is 1. The van der Waals surface area contributed by atoms with Gasteiger partial charge in [0.2, 0.25) is 5.91 Å². The van der Waals surface area contributed by atoms with Crippen molar-refractivity contribution in [2.24, 2.45) is 0 Å². The Morgan fingerprint density at radius 3 is 3.00 bits per heavy atom. The highest BCUT2D eigenvalue weighted by Crippen LogP contribution is 2.05. The van der Waals surface area contributed by atoms with Crippen LogP contribution in [0.3, 0.4) is 0 Å². The molecule has 1 aliphatic rings. The molecule has 1 fully saturated rings. The molecule has 0 aliphatic carbocycles. The molecule has 0 aromatic rings. The standard InChI is InChI=1S/C6H11NO2/c1-9-5-2-3-7-6(8)4-5/h5H,2-4H2,1H3,(H,7,8)/t5-/m0/s1. The number of methoxy groups -OCH3 is 1. The highest BCUT2D eigenvalue weighted by Gasteiger charge is 2.17. The molecular formula is C6H11NO2. The van der Waals surface area contributed by atoms with Gasteiger partial charge in [-0.3, -0.25) is 4.79 Å². The zero-order chi connectivity index (χ0) is 6.69. The van der Waals surface area contributed by atoms with Gasteiger partial charge in [-0.05, 0) is 6.42 Å². The van der Waals surface area contributed by atoms with Gasteiger partial charge >= 0.3 is 0 Å². The molecule has 0 spiro atoms. The fourth-order valence-electron chi connectivity index (χ4n) is 0.955. The van der Waals surface area contributed by atoms with Crippen molar-refractivity contribution >= 4 is 5.91 Å². The van der Waals surface area contributed by atoms with E-state index < -0.39 is 0 Å². The van der Waals surface area contributed by atoms with E-state index in [4.69, 9.17) is 4.74 Å². The van der Waals surface area contributed by atoms with Crippen LogP contribution in [0.15, 0.2) is 0 Å². The van der Waals surface area contributed by atoms with E-state index in [9.17, 15) is 4.79 Å². The van der Waals surface area contributed by atoms with Gasteiger partial charge in [-0.1, -0.05) is 0 Å². The molecule has 0 radical (unpaired) electrons. The third kappa shape index (κ3) is 1.68. The van der Waals surface area contributed by atoms with Crippen LogP contribution in [0.4, 0.5) is 0 Å². The van der Waals surface area contributed by atoms with Crippen LogP contribution >= 0.6 is 0 Å². The van der Waals surface area contributed by atoms with Crippen LogP contribution < -0.4 is 5.32 Å². The Labute approximate surface area is 54.4 Å². The molecule has 0 saturated carbocycles. The predicted molar refractivity (Wildman–Crippen MR) is 33.0 cm³/mol. The molecule has 0 aromatic carbocycles. The number of hydrogen-bond donors (Lipinski definition) is 1. The fraction of sp³-hybridized carbons (Fsp3) is 0.833. The van der Waals surface area contributed by atoms with Crippen molar-refractivity contribution in [2.75, 3.05) is 13.7 Å². The minimum absolute atomic E-state index is 0.105. The number of carbonyl (C=O) groups excluding carboxylic acids is 1. The van der Waals surface area contributed by atoms with Gasteiger partial charge in [-0.15, -0.1) is 0 Å². The molecule has 0 bridgehead atoms. The lowest BCUT2D eigenvalue weighted by molar-refractivity contribution is -0.125. The lowest BCUT2D eigenvalue weighted by Crippen LogP contribution is -2.36. The van der Waals surface area contributed by atoms with E-state index in [-0.39, 0.29) is 12.0 Å². The van der Waals surface area contributed by atoms with Crippen molar-refractivity contribution in [2.45, 2.75) is 18.9 Å². The summed E-state index contributed by atoms with van der Waals surface area (Å²) in [6.07, 6.45) is 1.62. The highest BCUT2D eigenvalue weighted by atomic mass is 16.5. The van der Waals surface area contributed by atoms with Crippen LogP contribution in [0.5, 0.6) is 0 Å². The monoisotopic (exact) mass is 129 g/mol. The van der Waals surface area contributed by atoms with E-state index in [1.807, 2.05) is 0 Å². The maximum atomic E-state index is 10.6. The molecule has 0 unspecified atom stereocenters. The van der Waals surface area contributed by atoms with Crippen LogP contribution in [0.1, 0.15) is 12.8 Å². The van der Waals surface area contributed by atoms with Gasteiger partial charge in [-0.2, -0.15) is 0 Å². The lowest BCUT2D eigenvalue weighted by Gasteiger charge is -2.19. The zero-order valence-corrected chi connectivity index (χ0v) is 5.52. The number of nitrogens with one attached hydrogen (secondary N) is 1. The summed E-state index contributed by atoms with van der Waals surface area (Å²) >= 11 is 0. The summed E-state index contributed by atoms with van der Waals surface area (Å²) in [5.41, 5.74) is 0. The van der Waals surface area contributed by atoms with Crippen molar-refractivity contribution in [3.8, 4) is 0 Å². The Hall–Kier alpha value is -0.570. The first-order chi connectivity index (χ1) is 4.33. The molecule has 3 heteroatoms. The third-order valence-electron chi connectivity index (χ3n) is 1.53. The van der Waals surface area contributed by atoms with Crippen LogP contribution in [0.2, 0.25) is 0 Å². The highest BCUT2D eigenvalue weighted by molar-refractivity contribution is 5.77. The van der Waals surface area contributed by atoms with Crippen molar-refractivity contribution in [3.05, 3.63) is 0 Å². The Morgan fingerprint density at radius 1 is 1.78 bits per heavy atom. The maximum Gasteiger partial charge on any atom is 0.222 e. The van der Waals surface area contributed by atoms with E-state index in [1.165, 1.54) is 0 Å². The second-order valence-corrected chi connectivity index (χ2v) is 2.20. The van der Waals surface area contributed by atoms with Crippen LogP contribution in [-0.2, 0) is 9.53 Å². The Balaban J connectivity index is 2.32. The normalized spacial score (nSPS) is 27.7. The second-order valence-electron chi connectivity index (χ2n) is 2.20. The summed E-state index contributed by atoms with van der Waals surface area (Å²) in [4.78, 5) is 10.6. The Morgan fingerprint density at radius 2 is 2.56 bits per heavy atom. The minimum Gasteiger partial charge on any atom is -0.381 e. The summed E-state index contributed by atoms with van der Waals surface area (Å²) in [5.74, 6) is 0.105. The number of rotatable bonds is 1. The summed E-state index contributed by atoms with van der Waals surface area (Å²) in [5, 5.41) is 2.73. The van der Waals surface area contributed by atoms with Crippen LogP contribution in [0.25, 0.3) is 0 Å². The number of ether oxygens (including phenoxy) is 1. The molecule has 1 atom stereocenters. The third-order valence-corrected chi connectivity index (χ3v) is 1.53. The number of hydrogen-bond acceptors (Lipinski definition) is 2. The van der Waals surface area contributed by atoms with Gasteiger partial charge in [0, 0.05) is 13.7 Å². The Kier molecular flexibility index (Phi) is 2.05. The first-order valence-electron chi connectivity index (χ1n) is 3.12. The van der Waals surface area contributed by atoms with Crippen molar-refractivity contribution < 1.29 is 9.53 Å². The van der Waals surface area contributed by atoms with E-state index in [2.05, 4.69) is 5.32 Å². The summed E-state index contributed by atoms with van der Waals surface area (Å²) in [6.45, 7) is 0.761. The number of carbonyl (C=O) groups is 1. The van der Waals surface area contributed by atoms with E-state index in [1.54, 1.807) is 7.11 Å². The number of piperidine rings is 1. The average molecular weight is 129 g/mol. The van der Waals surface area contributed by atoms with E-state index in [0.717, 1.165) is 13.0 Å². The molecule has 1 rings (SSSR count). The lowest BCUT2D eigenvalue weighted by atomic mass is 10.1. The molecule has 1 N–H and O–H groups in total. The zero-order valence-electron chi connectivity index (χ0n) is 5.52. The molecule has 52 valence electrons. The molecule has 3 nitrogen and oxygen atoms in total. The van der Waals surface area contributed by atoms with Crippen molar-refractivity contribution in [1.29, 1.82) is 0 Å². The first-order valence-corrected chi connectivity index (χ1v) is 3.12. The van der Waals surface area contributed by atoms with Crippen LogP contribution in [0, 0.1) is 0 Å². The summed E-state index contributed by atoms with van der Waals surface area (Å²) < 4.78 is 5.00. The van der Waals surface area contributed by atoms with Gasteiger partial charge in [0.1, 0.15) is 0 Å². The minimum atomic E-state index is 0.105. The second kappa shape index (κ2) is 2.82. The van der Waals surface area contributed by atoms with Gasteiger partial charge in [-0.25, -0.2) is 0 Å². The summed E-state index contributed by atoms with van der Waals surface area (Å²) in [6, 6.07) is 0. The fourth-order valence-corrected chi connectivity index (χ4v) is 0.955. The van der Waals surface area contributed by atoms with Crippen molar-refractivity contribution in [3.63, 3.8) is 0 Å². The Bertz CT molecular complexity index is 114. The quantitative estimate of drug-likeness (QED) is 0.537. The van der Waals surface area contributed by atoms with Gasteiger partial charge in [0.05, 0.1) is 12.5 Å². The van der Waals surface area contributed by atoms with Gasteiger partial charge in [0.25, 0.3) is 0 Å².